The maximum absolute atomic E-state index is 11.1. The van der Waals surface area contributed by atoms with Gasteiger partial charge in [0, 0.05) is 11.4 Å². The van der Waals surface area contributed by atoms with E-state index in [-0.39, 0.29) is 12.2 Å². The van der Waals surface area contributed by atoms with Crippen LogP contribution in [0.15, 0.2) is 24.3 Å². The molecule has 1 aromatic rings. The fourth-order valence-corrected chi connectivity index (χ4v) is 1.46. The van der Waals surface area contributed by atoms with Crippen LogP contribution in [0.4, 0.5) is 0 Å². The Morgan fingerprint density at radius 1 is 1.27 bits per heavy atom. The third-order valence-electron chi connectivity index (χ3n) is 1.98. The second-order valence-electron chi connectivity index (χ2n) is 3.20. The molecule has 0 saturated carbocycles. The minimum atomic E-state index is -1.08. The second kappa shape index (κ2) is 5.51. The van der Waals surface area contributed by atoms with E-state index in [4.69, 9.17) is 16.7 Å². The predicted octanol–water partition coefficient (Wildman–Crippen LogP) is 2.32. The molecule has 0 radical (unpaired) electrons. The monoisotopic (exact) mass is 226 g/mol. The SMILES string of the molecule is O=C(O)CC(=O)CCc1ccccc1Cl. The number of benzene rings is 1. The first-order valence-corrected chi connectivity index (χ1v) is 4.94. The van der Waals surface area contributed by atoms with Gasteiger partial charge in [-0.05, 0) is 18.1 Å². The highest BCUT2D eigenvalue weighted by molar-refractivity contribution is 6.31. The van der Waals surface area contributed by atoms with Crippen LogP contribution in [0.3, 0.4) is 0 Å². The summed E-state index contributed by atoms with van der Waals surface area (Å²) in [4.78, 5) is 21.4. The molecule has 0 spiro atoms. The Labute approximate surface area is 92.7 Å². The Bertz CT molecular complexity index is 374. The predicted molar refractivity (Wildman–Crippen MR) is 57.0 cm³/mol. The number of hydrogen-bond acceptors (Lipinski definition) is 2. The summed E-state index contributed by atoms with van der Waals surface area (Å²) in [6, 6.07) is 7.22. The molecule has 3 nitrogen and oxygen atoms in total. The number of hydrogen-bond donors (Lipinski definition) is 1. The molecule has 0 fully saturated rings. The first-order chi connectivity index (χ1) is 7.09. The fourth-order valence-electron chi connectivity index (χ4n) is 1.23. The van der Waals surface area contributed by atoms with E-state index >= 15 is 0 Å². The van der Waals surface area contributed by atoms with Crippen molar-refractivity contribution in [3.05, 3.63) is 34.9 Å². The van der Waals surface area contributed by atoms with E-state index in [1.165, 1.54) is 0 Å². The van der Waals surface area contributed by atoms with Crippen molar-refractivity contribution in [1.29, 1.82) is 0 Å². The molecule has 15 heavy (non-hydrogen) atoms. The van der Waals surface area contributed by atoms with Crippen molar-refractivity contribution in [2.75, 3.05) is 0 Å². The molecular weight excluding hydrogens is 216 g/mol. The van der Waals surface area contributed by atoms with Crippen molar-refractivity contribution in [2.24, 2.45) is 0 Å². The average molecular weight is 227 g/mol. The Morgan fingerprint density at radius 3 is 2.53 bits per heavy atom. The van der Waals surface area contributed by atoms with Crippen LogP contribution in [0.1, 0.15) is 18.4 Å². The molecule has 1 aromatic carbocycles. The number of rotatable bonds is 5. The molecule has 0 saturated heterocycles. The van der Waals surface area contributed by atoms with Gasteiger partial charge in [-0.1, -0.05) is 29.8 Å². The number of carbonyl (C=O) groups is 2. The summed E-state index contributed by atoms with van der Waals surface area (Å²) >= 11 is 5.89. The van der Waals surface area contributed by atoms with Gasteiger partial charge in [0.2, 0.25) is 0 Å². The molecule has 80 valence electrons. The minimum absolute atomic E-state index is 0.218. The molecule has 0 aliphatic carbocycles. The number of aliphatic carboxylic acids is 1. The molecule has 1 N–H and O–H groups in total. The zero-order valence-corrected chi connectivity index (χ0v) is 8.83. The molecule has 4 heteroatoms. The topological polar surface area (TPSA) is 54.4 Å². The van der Waals surface area contributed by atoms with E-state index < -0.39 is 12.4 Å². The lowest BCUT2D eigenvalue weighted by molar-refractivity contribution is -0.140. The van der Waals surface area contributed by atoms with Gasteiger partial charge < -0.3 is 5.11 Å². The van der Waals surface area contributed by atoms with Crippen LogP contribution in [-0.4, -0.2) is 16.9 Å². The number of Topliss-reactive ketones (excluding diaryl/α,β-unsaturated/α-hetero) is 1. The summed E-state index contributed by atoms with van der Waals surface area (Å²) in [6.07, 6.45) is 0.298. The molecular formula is C11H11ClO3. The number of halogens is 1. The Morgan fingerprint density at radius 2 is 1.93 bits per heavy atom. The summed E-state index contributed by atoms with van der Waals surface area (Å²) in [5.41, 5.74) is 0.873. The molecule has 0 bridgehead atoms. The lowest BCUT2D eigenvalue weighted by Crippen LogP contribution is -2.07. The number of aryl methyl sites for hydroxylation is 1. The Kier molecular flexibility index (Phi) is 4.31. The largest absolute Gasteiger partial charge is 0.481 e. The van der Waals surface area contributed by atoms with Crippen LogP contribution in [0.5, 0.6) is 0 Å². The Hall–Kier alpha value is -1.35. The second-order valence-corrected chi connectivity index (χ2v) is 3.61. The van der Waals surface area contributed by atoms with Gasteiger partial charge in [0.15, 0.2) is 0 Å². The minimum Gasteiger partial charge on any atom is -0.481 e. The lowest BCUT2D eigenvalue weighted by atomic mass is 10.1. The molecule has 0 amide bonds. The zero-order valence-electron chi connectivity index (χ0n) is 8.07. The molecule has 0 aliphatic rings. The van der Waals surface area contributed by atoms with Crippen LogP contribution in [0.2, 0.25) is 5.02 Å². The molecule has 0 atom stereocenters. The average Bonchev–Trinajstić information content (AvgIpc) is 2.15. The summed E-state index contributed by atoms with van der Waals surface area (Å²) in [6.45, 7) is 0. The smallest absolute Gasteiger partial charge is 0.310 e. The summed E-state index contributed by atoms with van der Waals surface area (Å²) in [5, 5.41) is 9.00. The van der Waals surface area contributed by atoms with Crippen LogP contribution in [0, 0.1) is 0 Å². The van der Waals surface area contributed by atoms with Gasteiger partial charge in [0.05, 0.1) is 0 Å². The van der Waals surface area contributed by atoms with Crippen LogP contribution in [0.25, 0.3) is 0 Å². The quantitative estimate of drug-likeness (QED) is 0.784. The lowest BCUT2D eigenvalue weighted by Gasteiger charge is -2.02. The summed E-state index contributed by atoms with van der Waals surface area (Å²) in [7, 11) is 0. The van der Waals surface area contributed by atoms with Gasteiger partial charge in [0.1, 0.15) is 12.2 Å². The van der Waals surface area contributed by atoms with Gasteiger partial charge in [-0.15, -0.1) is 0 Å². The first-order valence-electron chi connectivity index (χ1n) is 4.56. The molecule has 0 aliphatic heterocycles. The maximum Gasteiger partial charge on any atom is 0.310 e. The highest BCUT2D eigenvalue weighted by Gasteiger charge is 2.08. The number of ketones is 1. The number of carboxylic acid groups (broad SMARTS) is 1. The van der Waals surface area contributed by atoms with Crippen molar-refractivity contribution in [2.45, 2.75) is 19.3 Å². The molecule has 1 rings (SSSR count). The summed E-state index contributed by atoms with van der Waals surface area (Å²) < 4.78 is 0. The molecule has 0 unspecified atom stereocenters. The number of carboxylic acids is 1. The normalized spacial score (nSPS) is 9.93. The highest BCUT2D eigenvalue weighted by atomic mass is 35.5. The van der Waals surface area contributed by atoms with Crippen molar-refractivity contribution >= 4 is 23.4 Å². The van der Waals surface area contributed by atoms with E-state index in [1.54, 1.807) is 6.07 Å². The van der Waals surface area contributed by atoms with Crippen LogP contribution >= 0.6 is 11.6 Å². The van der Waals surface area contributed by atoms with Crippen molar-refractivity contribution < 1.29 is 14.7 Å². The van der Waals surface area contributed by atoms with Crippen molar-refractivity contribution in [3.8, 4) is 0 Å². The van der Waals surface area contributed by atoms with E-state index in [0.717, 1.165) is 5.56 Å². The third kappa shape index (κ3) is 4.13. The number of carbonyl (C=O) groups excluding carboxylic acids is 1. The van der Waals surface area contributed by atoms with Crippen LogP contribution in [-0.2, 0) is 16.0 Å². The van der Waals surface area contributed by atoms with Gasteiger partial charge >= 0.3 is 5.97 Å². The maximum atomic E-state index is 11.1. The zero-order chi connectivity index (χ0) is 11.3. The third-order valence-corrected chi connectivity index (χ3v) is 2.35. The first kappa shape index (κ1) is 11.7. The van der Waals surface area contributed by atoms with Crippen molar-refractivity contribution in [1.82, 2.24) is 0 Å². The Balaban J connectivity index is 2.47. The van der Waals surface area contributed by atoms with E-state index in [0.29, 0.717) is 11.4 Å². The van der Waals surface area contributed by atoms with Crippen molar-refractivity contribution in [3.63, 3.8) is 0 Å². The van der Waals surface area contributed by atoms with Crippen LogP contribution < -0.4 is 0 Å². The van der Waals surface area contributed by atoms with E-state index in [2.05, 4.69) is 0 Å². The van der Waals surface area contributed by atoms with Gasteiger partial charge in [-0.25, -0.2) is 0 Å². The van der Waals surface area contributed by atoms with E-state index in [1.807, 2.05) is 18.2 Å². The van der Waals surface area contributed by atoms with E-state index in [9.17, 15) is 9.59 Å². The van der Waals surface area contributed by atoms with Gasteiger partial charge in [-0.2, -0.15) is 0 Å². The standard InChI is InChI=1S/C11H11ClO3/c12-10-4-2-1-3-8(10)5-6-9(13)7-11(14)15/h1-4H,5-7H2,(H,14,15). The van der Waals surface area contributed by atoms with Gasteiger partial charge in [-0.3, -0.25) is 9.59 Å². The molecule has 0 aromatic heterocycles. The molecule has 0 heterocycles. The fraction of sp³-hybridized carbons (Fsp3) is 0.273. The highest BCUT2D eigenvalue weighted by Crippen LogP contribution is 2.16. The van der Waals surface area contributed by atoms with Gasteiger partial charge in [0.25, 0.3) is 0 Å². The summed E-state index contributed by atoms with van der Waals surface area (Å²) in [5.74, 6) is -1.36.